The number of aliphatic hydroxyl groups is 1. The molecule has 1 saturated carbocycles. The minimum Gasteiger partial charge on any atom is -0.412 e. The van der Waals surface area contributed by atoms with E-state index in [0.29, 0.717) is 12.8 Å². The molecule has 2 aliphatic rings. The van der Waals surface area contributed by atoms with Gasteiger partial charge < -0.3 is 15.9 Å². The van der Waals surface area contributed by atoms with Crippen molar-refractivity contribution in [3.63, 3.8) is 0 Å². The summed E-state index contributed by atoms with van der Waals surface area (Å²) >= 11 is 0. The fraction of sp³-hybridized carbons (Fsp3) is 0.714. The molecule has 0 aromatic heterocycles. The summed E-state index contributed by atoms with van der Waals surface area (Å²) in [5.74, 6) is -0.369. The van der Waals surface area contributed by atoms with Crippen LogP contribution in [0.4, 0.5) is 8.78 Å². The summed E-state index contributed by atoms with van der Waals surface area (Å²) in [5, 5.41) is 11.4. The quantitative estimate of drug-likeness (QED) is 0.815. The molecule has 0 saturated heterocycles. The van der Waals surface area contributed by atoms with Crippen molar-refractivity contribution in [1.29, 1.82) is 0 Å². The predicted octanol–water partition coefficient (Wildman–Crippen LogP) is 2.46. The highest BCUT2D eigenvalue weighted by Crippen LogP contribution is 2.50. The van der Waals surface area contributed by atoms with Crippen LogP contribution in [0.25, 0.3) is 0 Å². The van der Waals surface area contributed by atoms with Crippen LogP contribution in [-0.2, 0) is 0 Å². The molecule has 5 heteroatoms. The van der Waals surface area contributed by atoms with Gasteiger partial charge in [-0.3, -0.25) is 0 Å². The van der Waals surface area contributed by atoms with E-state index in [-0.39, 0.29) is 24.3 Å². The Morgan fingerprint density at radius 2 is 1.84 bits per heavy atom. The smallest absolute Gasteiger partial charge is 0.155 e. The molecule has 0 aromatic rings. The molecule has 2 rings (SSSR count). The van der Waals surface area contributed by atoms with Crippen LogP contribution in [0.5, 0.6) is 0 Å². The van der Waals surface area contributed by atoms with Gasteiger partial charge in [0.05, 0.1) is 5.60 Å². The van der Waals surface area contributed by atoms with Gasteiger partial charge in [0, 0.05) is 19.5 Å². The number of halogens is 2. The zero-order chi connectivity index (χ0) is 14.0. The molecule has 4 N–H and O–H groups in total. The Labute approximate surface area is 115 Å². The molecule has 0 radical (unpaired) electrons. The Hall–Kier alpha value is -0.780. The Kier molecular flexibility index (Phi) is 6.32. The first kappa shape index (κ1) is 18.2. The van der Waals surface area contributed by atoms with Gasteiger partial charge in [-0.15, -0.1) is 0 Å². The first-order valence-corrected chi connectivity index (χ1v) is 6.33. The van der Waals surface area contributed by atoms with Crippen molar-refractivity contribution < 1.29 is 20.8 Å². The molecular weight excluding hydrogens is 252 g/mol. The largest absolute Gasteiger partial charge is 0.412 e. The number of nitrogens with one attached hydrogen (secondary N) is 1. The maximum atomic E-state index is 13.9. The second kappa shape index (κ2) is 6.59. The molecule has 0 aromatic carbocycles. The molecule has 0 spiro atoms. The van der Waals surface area contributed by atoms with Gasteiger partial charge in [0.1, 0.15) is 5.83 Å². The second-order valence-corrected chi connectivity index (χ2v) is 5.83. The molecule has 2 unspecified atom stereocenters. The van der Waals surface area contributed by atoms with Crippen molar-refractivity contribution in [1.82, 2.24) is 5.32 Å². The standard InChI is InChI=1S/C10H13F2N.C4H10O.H2O.H2/c1-13-9-6-10(9,12)7-4-2-3-5-8(7)11;1-4(2,3)5;;/h4-5,9,13H,2-3,6H2,1H3;5H,1-3H3;1H2;1H. The van der Waals surface area contributed by atoms with Gasteiger partial charge in [0.2, 0.25) is 0 Å². The normalized spacial score (nSPS) is 29.3. The summed E-state index contributed by atoms with van der Waals surface area (Å²) in [7, 11) is 1.71. The molecule has 3 nitrogen and oxygen atoms in total. The van der Waals surface area contributed by atoms with Crippen molar-refractivity contribution in [3.05, 3.63) is 23.6 Å². The van der Waals surface area contributed by atoms with E-state index in [9.17, 15) is 8.78 Å². The molecule has 1 fully saturated rings. The highest BCUT2D eigenvalue weighted by molar-refractivity contribution is 5.44. The molecule has 19 heavy (non-hydrogen) atoms. The summed E-state index contributed by atoms with van der Waals surface area (Å²) in [6.07, 6.45) is 5.01. The summed E-state index contributed by atoms with van der Waals surface area (Å²) in [6.45, 7) is 5.23. The van der Waals surface area contributed by atoms with Crippen LogP contribution < -0.4 is 5.32 Å². The first-order chi connectivity index (χ1) is 8.18. The summed E-state index contributed by atoms with van der Waals surface area (Å²) < 4.78 is 27.1. The molecule has 114 valence electrons. The highest BCUT2D eigenvalue weighted by Gasteiger charge is 2.58. The van der Waals surface area contributed by atoms with Gasteiger partial charge >= 0.3 is 0 Å². The van der Waals surface area contributed by atoms with Crippen LogP contribution in [-0.4, -0.2) is 34.9 Å². The Bertz CT molecular complexity index is 361. The van der Waals surface area contributed by atoms with Crippen LogP contribution in [0.15, 0.2) is 23.6 Å². The Balaban J connectivity index is 0. The second-order valence-electron chi connectivity index (χ2n) is 5.83. The van der Waals surface area contributed by atoms with Crippen molar-refractivity contribution in [2.45, 2.75) is 57.3 Å². The molecular formula is C14H27F2NO2. The molecule has 2 aliphatic carbocycles. The van der Waals surface area contributed by atoms with E-state index in [1.165, 1.54) is 6.08 Å². The van der Waals surface area contributed by atoms with Crippen LogP contribution >= 0.6 is 0 Å². The van der Waals surface area contributed by atoms with Crippen LogP contribution in [0.1, 0.15) is 41.5 Å². The monoisotopic (exact) mass is 279 g/mol. The molecule has 0 amide bonds. The van der Waals surface area contributed by atoms with Gasteiger partial charge in [-0.25, -0.2) is 8.78 Å². The lowest BCUT2D eigenvalue weighted by Crippen LogP contribution is -2.22. The number of rotatable bonds is 2. The van der Waals surface area contributed by atoms with Crippen LogP contribution in [0.3, 0.4) is 0 Å². The predicted molar refractivity (Wildman–Crippen MR) is 75.5 cm³/mol. The van der Waals surface area contributed by atoms with E-state index < -0.39 is 11.3 Å². The van der Waals surface area contributed by atoms with Crippen molar-refractivity contribution >= 4 is 0 Å². The summed E-state index contributed by atoms with van der Waals surface area (Å²) in [6, 6.07) is -0.198. The third kappa shape index (κ3) is 5.38. The molecule has 0 heterocycles. The maximum Gasteiger partial charge on any atom is 0.155 e. The van der Waals surface area contributed by atoms with Gasteiger partial charge in [0.15, 0.2) is 5.67 Å². The van der Waals surface area contributed by atoms with Gasteiger partial charge in [-0.1, -0.05) is 6.08 Å². The summed E-state index contributed by atoms with van der Waals surface area (Å²) in [4.78, 5) is 0. The maximum absolute atomic E-state index is 13.9. The first-order valence-electron chi connectivity index (χ1n) is 6.33. The van der Waals surface area contributed by atoms with Gasteiger partial charge in [-0.05, 0) is 46.7 Å². The molecule has 0 bridgehead atoms. The third-order valence-corrected chi connectivity index (χ3v) is 2.79. The van der Waals surface area contributed by atoms with Crippen molar-refractivity contribution in [2.24, 2.45) is 0 Å². The van der Waals surface area contributed by atoms with E-state index >= 15 is 0 Å². The lowest BCUT2D eigenvalue weighted by atomic mass is 10.00. The number of hydrogen-bond acceptors (Lipinski definition) is 2. The van der Waals surface area contributed by atoms with Crippen LogP contribution in [0, 0.1) is 0 Å². The topological polar surface area (TPSA) is 63.8 Å². The van der Waals surface area contributed by atoms with Crippen molar-refractivity contribution in [2.75, 3.05) is 7.05 Å². The van der Waals surface area contributed by atoms with Gasteiger partial charge in [0.25, 0.3) is 0 Å². The van der Waals surface area contributed by atoms with Gasteiger partial charge in [-0.2, -0.15) is 0 Å². The molecule has 0 aliphatic heterocycles. The number of alkyl halides is 1. The highest BCUT2D eigenvalue weighted by atomic mass is 19.2. The average molecular weight is 279 g/mol. The molecule has 2 atom stereocenters. The van der Waals surface area contributed by atoms with E-state index in [1.54, 1.807) is 33.9 Å². The number of hydrogen-bond donors (Lipinski definition) is 2. The summed E-state index contributed by atoms with van der Waals surface area (Å²) in [5.41, 5.74) is -1.67. The minimum atomic E-state index is -1.43. The zero-order valence-corrected chi connectivity index (χ0v) is 12.1. The minimum absolute atomic E-state index is 0. The van der Waals surface area contributed by atoms with E-state index in [0.717, 1.165) is 6.42 Å². The van der Waals surface area contributed by atoms with E-state index in [1.807, 2.05) is 0 Å². The Morgan fingerprint density at radius 3 is 2.21 bits per heavy atom. The SMILES string of the molecule is CC(C)(C)O.CNC1CC1(F)C1=CCCC=C1F.O.[HH]. The lowest BCUT2D eigenvalue weighted by Gasteiger charge is -2.14. The fourth-order valence-corrected chi connectivity index (χ4v) is 1.88. The van der Waals surface area contributed by atoms with Crippen molar-refractivity contribution in [3.8, 4) is 0 Å². The number of allylic oxidation sites excluding steroid dienone is 3. The fourth-order valence-electron chi connectivity index (χ4n) is 1.88. The third-order valence-electron chi connectivity index (χ3n) is 2.79. The zero-order valence-electron chi connectivity index (χ0n) is 12.1. The lowest BCUT2D eigenvalue weighted by molar-refractivity contribution is 0.102. The Morgan fingerprint density at radius 1 is 1.37 bits per heavy atom. The van der Waals surface area contributed by atoms with E-state index in [4.69, 9.17) is 5.11 Å². The average Bonchev–Trinajstić information content (AvgIpc) is 2.89. The van der Waals surface area contributed by atoms with E-state index in [2.05, 4.69) is 5.32 Å². The van der Waals surface area contributed by atoms with Crippen LogP contribution in [0.2, 0.25) is 0 Å².